The number of nitrogens with two attached hydrogens (primary N) is 1. The summed E-state index contributed by atoms with van der Waals surface area (Å²) in [7, 11) is 0. The average Bonchev–Trinajstić information content (AvgIpc) is 3.21. The minimum atomic E-state index is -4.97. The van der Waals surface area contributed by atoms with Crippen LogP contribution in [0.3, 0.4) is 0 Å². The molecule has 8 nitrogen and oxygen atoms in total. The van der Waals surface area contributed by atoms with Crippen molar-refractivity contribution >= 4 is 34.7 Å². The monoisotopic (exact) mass is 633 g/mol. The van der Waals surface area contributed by atoms with Crippen LogP contribution in [0.5, 0.6) is 0 Å². The van der Waals surface area contributed by atoms with Crippen molar-refractivity contribution < 1.29 is 18.0 Å². The summed E-state index contributed by atoms with van der Waals surface area (Å²) in [5, 5.41) is 9.32. The SMILES string of the molecule is CC1(C)C(=O)N(C2(C(F)(F)F)C=CC=CC2C#N)C(=S)N1c1ccc(C#Cc2ccc(N3CCN(CCCN)CC3)nc2)cc1. The summed E-state index contributed by atoms with van der Waals surface area (Å²) < 4.78 is 44.2. The minimum absolute atomic E-state index is 0.329. The fourth-order valence-electron chi connectivity index (χ4n) is 5.94. The molecule has 3 heterocycles. The van der Waals surface area contributed by atoms with Crippen LogP contribution in [0.25, 0.3) is 0 Å². The van der Waals surface area contributed by atoms with Crippen molar-refractivity contribution in [3.63, 3.8) is 0 Å². The Morgan fingerprint density at radius 2 is 1.69 bits per heavy atom. The summed E-state index contributed by atoms with van der Waals surface area (Å²) in [5.74, 6) is 4.59. The molecule has 234 valence electrons. The van der Waals surface area contributed by atoms with Crippen molar-refractivity contribution in [1.82, 2.24) is 14.8 Å². The fourth-order valence-corrected chi connectivity index (χ4v) is 6.50. The van der Waals surface area contributed by atoms with Gasteiger partial charge < -0.3 is 15.5 Å². The lowest BCUT2D eigenvalue weighted by Crippen LogP contribution is -2.64. The summed E-state index contributed by atoms with van der Waals surface area (Å²) in [6, 6.07) is 12.4. The summed E-state index contributed by atoms with van der Waals surface area (Å²) in [4.78, 5) is 24.8. The molecule has 1 aliphatic carbocycles. The van der Waals surface area contributed by atoms with Gasteiger partial charge >= 0.3 is 6.18 Å². The first kappa shape index (κ1) is 32.2. The Hall–Kier alpha value is -4.23. The molecule has 2 unspecified atom stereocenters. The molecule has 1 aromatic heterocycles. The second-order valence-corrected chi connectivity index (χ2v) is 12.0. The molecule has 12 heteroatoms. The molecule has 1 aromatic carbocycles. The molecular weight excluding hydrogens is 599 g/mol. The van der Waals surface area contributed by atoms with Gasteiger partial charge in [0.25, 0.3) is 5.91 Å². The molecular formula is C33H34F3N7OS. The number of pyridine rings is 1. The first-order valence-corrected chi connectivity index (χ1v) is 15.1. The summed E-state index contributed by atoms with van der Waals surface area (Å²) in [6.45, 7) is 8.50. The molecule has 0 spiro atoms. The molecule has 0 saturated carbocycles. The minimum Gasteiger partial charge on any atom is -0.354 e. The molecule has 0 bridgehead atoms. The smallest absolute Gasteiger partial charge is 0.354 e. The highest BCUT2D eigenvalue weighted by atomic mass is 32.1. The van der Waals surface area contributed by atoms with Gasteiger partial charge in [0, 0.05) is 49.2 Å². The number of benzene rings is 1. The molecule has 2 atom stereocenters. The quantitative estimate of drug-likeness (QED) is 0.374. The Labute approximate surface area is 266 Å². The molecule has 2 aliphatic heterocycles. The van der Waals surface area contributed by atoms with E-state index in [1.165, 1.54) is 30.9 Å². The largest absolute Gasteiger partial charge is 0.417 e. The van der Waals surface area contributed by atoms with Gasteiger partial charge in [-0.05, 0) is 88.0 Å². The first-order chi connectivity index (χ1) is 21.4. The Bertz CT molecular complexity index is 1590. The van der Waals surface area contributed by atoms with Crippen LogP contribution >= 0.6 is 12.2 Å². The number of anilines is 2. The van der Waals surface area contributed by atoms with Crippen LogP contribution in [0, 0.1) is 29.1 Å². The number of aromatic nitrogens is 1. The molecule has 45 heavy (non-hydrogen) atoms. The predicted molar refractivity (Wildman–Crippen MR) is 171 cm³/mol. The van der Waals surface area contributed by atoms with Crippen LogP contribution in [-0.2, 0) is 4.79 Å². The number of carbonyl (C=O) groups excluding carboxylic acids is 1. The van der Waals surface area contributed by atoms with E-state index in [1.807, 2.05) is 12.1 Å². The Balaban J connectivity index is 1.31. The molecule has 2 aromatic rings. The van der Waals surface area contributed by atoms with E-state index in [0.29, 0.717) is 22.7 Å². The number of nitrogens with zero attached hydrogens (tertiary/aromatic N) is 6. The van der Waals surface area contributed by atoms with Gasteiger partial charge in [0.15, 0.2) is 10.7 Å². The zero-order valence-electron chi connectivity index (χ0n) is 25.1. The van der Waals surface area contributed by atoms with E-state index in [4.69, 9.17) is 18.0 Å². The third-order valence-electron chi connectivity index (χ3n) is 8.47. The number of thiocarbonyl (C=S) groups is 1. The van der Waals surface area contributed by atoms with Gasteiger partial charge in [-0.3, -0.25) is 14.6 Å². The van der Waals surface area contributed by atoms with Crippen LogP contribution in [0.4, 0.5) is 24.7 Å². The standard InChI is InChI=1S/C33H34F3N7OS/c1-31(2)29(44)43(32(33(34,35)36)15-4-3-6-26(32)22-38)30(45)42(31)27-12-9-24(10-13-27)7-8-25-11-14-28(39-23-25)41-20-18-40(19-21-41)17-5-16-37/h3-4,6,9-15,23,26H,5,16-21,37H2,1-2H3. The highest BCUT2D eigenvalue weighted by molar-refractivity contribution is 7.80. The molecule has 2 N–H and O–H groups in total. The lowest BCUT2D eigenvalue weighted by Gasteiger charge is -2.43. The van der Waals surface area contributed by atoms with Crippen molar-refractivity contribution in [3.05, 3.63) is 78.0 Å². The number of piperazine rings is 1. The van der Waals surface area contributed by atoms with E-state index in [9.17, 15) is 23.2 Å². The number of nitriles is 1. The Kier molecular flexibility index (Phi) is 9.04. The zero-order chi connectivity index (χ0) is 32.4. The Morgan fingerprint density at radius 3 is 2.29 bits per heavy atom. The van der Waals surface area contributed by atoms with Gasteiger partial charge in [0.05, 0.1) is 6.07 Å². The summed E-state index contributed by atoms with van der Waals surface area (Å²) >= 11 is 5.54. The number of halogens is 3. The van der Waals surface area contributed by atoms with Gasteiger partial charge in [0.1, 0.15) is 17.3 Å². The van der Waals surface area contributed by atoms with Crippen molar-refractivity contribution in [1.29, 1.82) is 5.26 Å². The van der Waals surface area contributed by atoms with E-state index < -0.39 is 29.1 Å². The highest BCUT2D eigenvalue weighted by Gasteiger charge is 2.68. The maximum atomic E-state index is 14.7. The first-order valence-electron chi connectivity index (χ1n) is 14.7. The lowest BCUT2D eigenvalue weighted by atomic mass is 9.79. The number of alkyl halides is 3. The molecule has 2 saturated heterocycles. The van der Waals surface area contributed by atoms with Crippen LogP contribution in [-0.4, -0.2) is 82.3 Å². The maximum absolute atomic E-state index is 14.7. The van der Waals surface area contributed by atoms with E-state index in [-0.39, 0.29) is 5.11 Å². The van der Waals surface area contributed by atoms with E-state index >= 15 is 0 Å². The van der Waals surface area contributed by atoms with Crippen molar-refractivity contribution in [2.75, 3.05) is 49.1 Å². The lowest BCUT2D eigenvalue weighted by molar-refractivity contribution is -0.211. The van der Waals surface area contributed by atoms with Gasteiger partial charge in [0.2, 0.25) is 0 Å². The molecule has 2 fully saturated rings. The molecule has 5 rings (SSSR count). The normalized spacial score (nSPS) is 23.2. The number of hydrogen-bond acceptors (Lipinski definition) is 7. The highest BCUT2D eigenvalue weighted by Crippen LogP contribution is 2.49. The van der Waals surface area contributed by atoms with E-state index in [0.717, 1.165) is 62.7 Å². The number of carbonyl (C=O) groups is 1. The summed E-state index contributed by atoms with van der Waals surface area (Å²) in [6.07, 6.45) is 2.31. The number of amides is 1. The topological polar surface area (TPSA) is 92.7 Å². The number of hydrogen-bond donors (Lipinski definition) is 1. The van der Waals surface area contributed by atoms with Crippen molar-refractivity contribution in [2.45, 2.75) is 37.5 Å². The Morgan fingerprint density at radius 1 is 1.02 bits per heavy atom. The second-order valence-electron chi connectivity index (χ2n) is 11.7. The van der Waals surface area contributed by atoms with Gasteiger partial charge in [-0.15, -0.1) is 0 Å². The molecule has 1 amide bonds. The van der Waals surface area contributed by atoms with Crippen molar-refractivity contribution in [3.8, 4) is 17.9 Å². The number of rotatable bonds is 6. The third kappa shape index (κ3) is 5.94. The van der Waals surface area contributed by atoms with Gasteiger partial charge in [-0.2, -0.15) is 18.4 Å². The fraction of sp³-hybridized carbons (Fsp3) is 0.394. The van der Waals surface area contributed by atoms with Crippen LogP contribution in [0.1, 0.15) is 31.4 Å². The molecule has 0 radical (unpaired) electrons. The van der Waals surface area contributed by atoms with Crippen LogP contribution < -0.4 is 15.5 Å². The van der Waals surface area contributed by atoms with Gasteiger partial charge in [-0.25, -0.2) is 4.98 Å². The summed E-state index contributed by atoms with van der Waals surface area (Å²) in [5.41, 5.74) is 3.09. The number of allylic oxidation sites excluding steroid dienone is 2. The molecule has 3 aliphatic rings. The third-order valence-corrected chi connectivity index (χ3v) is 8.83. The predicted octanol–water partition coefficient (Wildman–Crippen LogP) is 4.23. The van der Waals surface area contributed by atoms with Crippen LogP contribution in [0.15, 0.2) is 66.9 Å². The zero-order valence-corrected chi connectivity index (χ0v) is 25.9. The van der Waals surface area contributed by atoms with Gasteiger partial charge in [-0.1, -0.05) is 30.1 Å². The second kappa shape index (κ2) is 12.6. The van der Waals surface area contributed by atoms with Crippen molar-refractivity contribution in [2.24, 2.45) is 11.7 Å². The van der Waals surface area contributed by atoms with Crippen LogP contribution in [0.2, 0.25) is 0 Å². The van der Waals surface area contributed by atoms with E-state index in [1.54, 1.807) is 36.5 Å². The van der Waals surface area contributed by atoms with E-state index in [2.05, 4.69) is 26.6 Å². The average molecular weight is 634 g/mol. The maximum Gasteiger partial charge on any atom is 0.417 e.